The van der Waals surface area contributed by atoms with Gasteiger partial charge in [0.15, 0.2) is 0 Å². The third-order valence-corrected chi connectivity index (χ3v) is 2.46. The number of carboxylic acids is 1. The molecule has 3 N–H and O–H groups in total. The molecule has 0 aromatic heterocycles. The minimum absolute atomic E-state index is 0.00771. The van der Waals surface area contributed by atoms with Crippen molar-refractivity contribution in [2.75, 3.05) is 23.7 Å². The second-order valence-corrected chi connectivity index (χ2v) is 4.12. The summed E-state index contributed by atoms with van der Waals surface area (Å²) in [6, 6.07) is 3.82. The van der Waals surface area contributed by atoms with Gasteiger partial charge in [-0.2, -0.15) is 13.2 Å². The lowest BCUT2D eigenvalue weighted by molar-refractivity contribution is -0.119. The molecule has 7 heteroatoms. The standard InChI is InChI=1S/C12H15F3N2O2/c1-2-5-17(7-12(13,14)15)10-6-8(16)3-4-9(10)11(18)19/h3-4,6H,2,5,7,16H2,1H3,(H,18,19). The van der Waals surface area contributed by atoms with E-state index < -0.39 is 18.7 Å². The van der Waals surface area contributed by atoms with E-state index >= 15 is 0 Å². The van der Waals surface area contributed by atoms with Crippen molar-refractivity contribution in [3.63, 3.8) is 0 Å². The van der Waals surface area contributed by atoms with Crippen molar-refractivity contribution in [1.82, 2.24) is 0 Å². The molecule has 0 fully saturated rings. The van der Waals surface area contributed by atoms with Crippen LogP contribution >= 0.6 is 0 Å². The second-order valence-electron chi connectivity index (χ2n) is 4.12. The van der Waals surface area contributed by atoms with Gasteiger partial charge in [0.05, 0.1) is 11.3 Å². The second kappa shape index (κ2) is 5.81. The number of hydrogen-bond acceptors (Lipinski definition) is 3. The first kappa shape index (κ1) is 15.1. The zero-order valence-electron chi connectivity index (χ0n) is 10.4. The van der Waals surface area contributed by atoms with Crippen LogP contribution in [0.4, 0.5) is 24.5 Å². The van der Waals surface area contributed by atoms with Gasteiger partial charge in [-0.05, 0) is 24.6 Å². The van der Waals surface area contributed by atoms with Gasteiger partial charge in [-0.1, -0.05) is 6.92 Å². The number of aromatic carboxylic acids is 1. The van der Waals surface area contributed by atoms with E-state index in [1.54, 1.807) is 6.92 Å². The quantitative estimate of drug-likeness (QED) is 0.811. The Morgan fingerprint density at radius 1 is 1.42 bits per heavy atom. The molecule has 0 unspecified atom stereocenters. The average Bonchev–Trinajstić information content (AvgIpc) is 2.26. The highest BCUT2D eigenvalue weighted by molar-refractivity contribution is 5.95. The number of nitrogen functional groups attached to an aromatic ring is 1. The van der Waals surface area contributed by atoms with Crippen LogP contribution in [0.25, 0.3) is 0 Å². The fourth-order valence-corrected chi connectivity index (χ4v) is 1.76. The predicted octanol–water partition coefficient (Wildman–Crippen LogP) is 2.75. The normalized spacial score (nSPS) is 11.4. The maximum absolute atomic E-state index is 12.5. The van der Waals surface area contributed by atoms with Crippen LogP contribution in [0.5, 0.6) is 0 Å². The van der Waals surface area contributed by atoms with Crippen molar-refractivity contribution in [2.24, 2.45) is 0 Å². The number of rotatable bonds is 5. The third-order valence-electron chi connectivity index (χ3n) is 2.46. The van der Waals surface area contributed by atoms with Gasteiger partial charge < -0.3 is 15.7 Å². The largest absolute Gasteiger partial charge is 0.478 e. The van der Waals surface area contributed by atoms with E-state index in [0.29, 0.717) is 6.42 Å². The smallest absolute Gasteiger partial charge is 0.405 e. The number of carbonyl (C=O) groups is 1. The Labute approximate surface area is 108 Å². The van der Waals surface area contributed by atoms with Crippen molar-refractivity contribution in [3.05, 3.63) is 23.8 Å². The van der Waals surface area contributed by atoms with Crippen LogP contribution in [-0.2, 0) is 0 Å². The lowest BCUT2D eigenvalue weighted by Crippen LogP contribution is -2.35. The van der Waals surface area contributed by atoms with Crippen LogP contribution < -0.4 is 10.6 Å². The van der Waals surface area contributed by atoms with Gasteiger partial charge in [0, 0.05) is 12.2 Å². The van der Waals surface area contributed by atoms with Gasteiger partial charge in [-0.15, -0.1) is 0 Å². The Kier molecular flexibility index (Phi) is 4.63. The van der Waals surface area contributed by atoms with E-state index in [0.717, 1.165) is 4.90 Å². The molecule has 0 heterocycles. The molecule has 1 rings (SSSR count). The topological polar surface area (TPSA) is 66.6 Å². The summed E-state index contributed by atoms with van der Waals surface area (Å²) < 4.78 is 37.6. The van der Waals surface area contributed by atoms with Gasteiger partial charge in [0.25, 0.3) is 0 Å². The summed E-state index contributed by atoms with van der Waals surface area (Å²) in [7, 11) is 0. The van der Waals surface area contributed by atoms with Crippen LogP contribution in [-0.4, -0.2) is 30.3 Å². The summed E-state index contributed by atoms with van der Waals surface area (Å²) in [5, 5.41) is 9.02. The highest BCUT2D eigenvalue weighted by Crippen LogP contribution is 2.27. The number of hydrogen-bond donors (Lipinski definition) is 2. The lowest BCUT2D eigenvalue weighted by atomic mass is 10.1. The summed E-state index contributed by atoms with van der Waals surface area (Å²) in [6.45, 7) is 0.615. The first-order valence-corrected chi connectivity index (χ1v) is 5.69. The van der Waals surface area contributed by atoms with Crippen LogP contribution in [0.3, 0.4) is 0 Å². The fraction of sp³-hybridized carbons (Fsp3) is 0.417. The van der Waals surface area contributed by atoms with Crippen LogP contribution in [0, 0.1) is 0 Å². The molecule has 0 aliphatic heterocycles. The first-order chi connectivity index (χ1) is 8.74. The van der Waals surface area contributed by atoms with E-state index in [1.165, 1.54) is 18.2 Å². The van der Waals surface area contributed by atoms with E-state index in [1.807, 2.05) is 0 Å². The zero-order chi connectivity index (χ0) is 14.6. The molecule has 19 heavy (non-hydrogen) atoms. The van der Waals surface area contributed by atoms with Crippen molar-refractivity contribution < 1.29 is 23.1 Å². The number of alkyl halides is 3. The molecule has 1 aromatic carbocycles. The van der Waals surface area contributed by atoms with Crippen molar-refractivity contribution in [2.45, 2.75) is 19.5 Å². The summed E-state index contributed by atoms with van der Waals surface area (Å²) in [5.74, 6) is -1.28. The summed E-state index contributed by atoms with van der Waals surface area (Å²) in [6.07, 6.45) is -3.94. The van der Waals surface area contributed by atoms with Gasteiger partial charge in [0.1, 0.15) is 6.54 Å². The van der Waals surface area contributed by atoms with E-state index in [-0.39, 0.29) is 23.5 Å². The molecule has 0 spiro atoms. The maximum Gasteiger partial charge on any atom is 0.405 e. The Morgan fingerprint density at radius 2 is 2.05 bits per heavy atom. The predicted molar refractivity (Wildman–Crippen MR) is 66.4 cm³/mol. The monoisotopic (exact) mass is 276 g/mol. The molecule has 1 aromatic rings. The van der Waals surface area contributed by atoms with Crippen LogP contribution in [0.1, 0.15) is 23.7 Å². The number of carboxylic acid groups (broad SMARTS) is 1. The van der Waals surface area contributed by atoms with E-state index in [4.69, 9.17) is 10.8 Å². The third kappa shape index (κ3) is 4.35. The molecule has 0 aliphatic rings. The Morgan fingerprint density at radius 3 is 2.53 bits per heavy atom. The van der Waals surface area contributed by atoms with Crippen molar-refractivity contribution >= 4 is 17.3 Å². The molecule has 0 bridgehead atoms. The van der Waals surface area contributed by atoms with Crippen molar-refractivity contribution in [1.29, 1.82) is 0 Å². The molecule has 0 radical (unpaired) electrons. The Balaban J connectivity index is 3.20. The summed E-state index contributed by atoms with van der Waals surface area (Å²) in [4.78, 5) is 12.0. The van der Waals surface area contributed by atoms with Crippen LogP contribution in [0.2, 0.25) is 0 Å². The lowest BCUT2D eigenvalue weighted by Gasteiger charge is -2.27. The van der Waals surface area contributed by atoms with Crippen molar-refractivity contribution in [3.8, 4) is 0 Å². The first-order valence-electron chi connectivity index (χ1n) is 5.69. The summed E-state index contributed by atoms with van der Waals surface area (Å²) >= 11 is 0. The average molecular weight is 276 g/mol. The zero-order valence-corrected chi connectivity index (χ0v) is 10.4. The molecular formula is C12H15F3N2O2. The van der Waals surface area contributed by atoms with Gasteiger partial charge in [-0.25, -0.2) is 4.79 Å². The fourth-order valence-electron chi connectivity index (χ4n) is 1.76. The van der Waals surface area contributed by atoms with Gasteiger partial charge >= 0.3 is 12.1 Å². The Bertz CT molecular complexity index is 461. The van der Waals surface area contributed by atoms with Gasteiger partial charge in [-0.3, -0.25) is 0 Å². The maximum atomic E-state index is 12.5. The minimum atomic E-state index is -4.41. The molecule has 0 saturated heterocycles. The van der Waals surface area contributed by atoms with Gasteiger partial charge in [0.2, 0.25) is 0 Å². The summed E-state index contributed by atoms with van der Waals surface area (Å²) in [5.41, 5.74) is 5.55. The highest BCUT2D eigenvalue weighted by Gasteiger charge is 2.32. The molecule has 0 saturated carbocycles. The number of halogens is 3. The molecule has 0 aliphatic carbocycles. The molecule has 0 atom stereocenters. The molecule has 0 amide bonds. The Hall–Kier alpha value is -1.92. The number of anilines is 2. The number of benzene rings is 1. The number of nitrogens with two attached hydrogens (primary N) is 1. The van der Waals surface area contributed by atoms with E-state index in [9.17, 15) is 18.0 Å². The van der Waals surface area contributed by atoms with Crippen LogP contribution in [0.15, 0.2) is 18.2 Å². The number of nitrogens with zero attached hydrogens (tertiary/aromatic N) is 1. The molecular weight excluding hydrogens is 261 g/mol. The highest BCUT2D eigenvalue weighted by atomic mass is 19.4. The minimum Gasteiger partial charge on any atom is -0.478 e. The molecule has 4 nitrogen and oxygen atoms in total. The van der Waals surface area contributed by atoms with E-state index in [2.05, 4.69) is 0 Å². The SMILES string of the molecule is CCCN(CC(F)(F)F)c1cc(N)ccc1C(=O)O. The molecule has 106 valence electrons.